The van der Waals surface area contributed by atoms with Crippen molar-refractivity contribution in [2.24, 2.45) is 0 Å². The molecule has 4 nitrogen and oxygen atoms in total. The highest BCUT2D eigenvalue weighted by molar-refractivity contribution is 5.90. The quantitative estimate of drug-likeness (QED) is 0.462. The van der Waals surface area contributed by atoms with Crippen LogP contribution in [0.15, 0.2) is 48.5 Å². The zero-order valence-corrected chi connectivity index (χ0v) is 15.4. The van der Waals surface area contributed by atoms with Crippen LogP contribution >= 0.6 is 0 Å². The summed E-state index contributed by atoms with van der Waals surface area (Å²) in [5.74, 6) is 0.580. The molecule has 0 unspecified atom stereocenters. The molecule has 4 heteroatoms. The van der Waals surface area contributed by atoms with Gasteiger partial charge in [0.25, 0.3) is 0 Å². The summed E-state index contributed by atoms with van der Waals surface area (Å²) >= 11 is 0. The van der Waals surface area contributed by atoms with Gasteiger partial charge in [0, 0.05) is 6.61 Å². The summed E-state index contributed by atoms with van der Waals surface area (Å²) in [6.45, 7) is 3.45. The van der Waals surface area contributed by atoms with Crippen molar-refractivity contribution >= 4 is 5.97 Å². The lowest BCUT2D eigenvalue weighted by Crippen LogP contribution is -2.06. The molecular formula is C22H28O4. The van der Waals surface area contributed by atoms with Crippen molar-refractivity contribution in [1.82, 2.24) is 0 Å². The van der Waals surface area contributed by atoms with Crippen LogP contribution in [0.3, 0.4) is 0 Å². The third kappa shape index (κ3) is 6.52. The second kappa shape index (κ2) is 11.3. The highest BCUT2D eigenvalue weighted by atomic mass is 16.5. The molecule has 1 N–H and O–H groups in total. The predicted molar refractivity (Wildman–Crippen MR) is 104 cm³/mol. The van der Waals surface area contributed by atoms with E-state index in [4.69, 9.17) is 14.6 Å². The number of esters is 1. The Labute approximate surface area is 155 Å². The van der Waals surface area contributed by atoms with Crippen LogP contribution in [0.2, 0.25) is 0 Å². The SMILES string of the molecule is CCCOc1ccc(-c2ccc(C(=O)OCCCCCCO)cc2)cc1. The minimum atomic E-state index is -0.290. The molecular weight excluding hydrogens is 328 g/mol. The van der Waals surface area contributed by atoms with E-state index in [-0.39, 0.29) is 12.6 Å². The van der Waals surface area contributed by atoms with Gasteiger partial charge in [0.15, 0.2) is 0 Å². The van der Waals surface area contributed by atoms with E-state index in [2.05, 4.69) is 6.92 Å². The minimum Gasteiger partial charge on any atom is -0.494 e. The van der Waals surface area contributed by atoms with Gasteiger partial charge in [0.1, 0.15) is 5.75 Å². The first kappa shape index (κ1) is 20.0. The Balaban J connectivity index is 1.84. The summed E-state index contributed by atoms with van der Waals surface area (Å²) in [6.07, 6.45) is 4.55. The second-order valence-electron chi connectivity index (χ2n) is 6.22. The van der Waals surface area contributed by atoms with Gasteiger partial charge in [-0.25, -0.2) is 4.79 Å². The van der Waals surface area contributed by atoms with Crippen molar-refractivity contribution in [2.45, 2.75) is 39.0 Å². The van der Waals surface area contributed by atoms with Crippen molar-refractivity contribution in [1.29, 1.82) is 0 Å². The molecule has 2 rings (SSSR count). The fourth-order valence-electron chi connectivity index (χ4n) is 2.58. The summed E-state index contributed by atoms with van der Waals surface area (Å²) in [4.78, 5) is 12.0. The second-order valence-corrected chi connectivity index (χ2v) is 6.22. The first-order valence-corrected chi connectivity index (χ1v) is 9.36. The molecule has 0 aromatic heterocycles. The molecule has 0 bridgehead atoms. The molecule has 0 aliphatic rings. The molecule has 0 amide bonds. The van der Waals surface area contributed by atoms with Crippen LogP contribution < -0.4 is 4.74 Å². The van der Waals surface area contributed by atoms with E-state index in [0.717, 1.165) is 55.6 Å². The van der Waals surface area contributed by atoms with Crippen molar-refractivity contribution in [3.63, 3.8) is 0 Å². The van der Waals surface area contributed by atoms with Gasteiger partial charge in [0.2, 0.25) is 0 Å². The molecule has 0 heterocycles. The topological polar surface area (TPSA) is 55.8 Å². The number of unbranched alkanes of at least 4 members (excludes halogenated alkanes) is 3. The summed E-state index contributed by atoms with van der Waals surface area (Å²) in [5, 5.41) is 8.72. The fourth-order valence-corrected chi connectivity index (χ4v) is 2.58. The fraction of sp³-hybridized carbons (Fsp3) is 0.409. The third-order valence-corrected chi connectivity index (χ3v) is 4.07. The maximum Gasteiger partial charge on any atom is 0.338 e. The summed E-state index contributed by atoms with van der Waals surface area (Å²) in [6, 6.07) is 15.4. The standard InChI is InChI=1S/C22H28O4/c1-2-16-25-21-13-11-19(12-14-21)18-7-9-20(10-8-18)22(24)26-17-6-4-3-5-15-23/h7-14,23H,2-6,15-17H2,1H3. The molecule has 0 aliphatic carbocycles. The molecule has 0 saturated heterocycles. The lowest BCUT2D eigenvalue weighted by atomic mass is 10.0. The molecule has 0 fully saturated rings. The molecule has 2 aromatic carbocycles. The molecule has 140 valence electrons. The number of ether oxygens (including phenoxy) is 2. The van der Waals surface area contributed by atoms with E-state index in [1.165, 1.54) is 0 Å². The van der Waals surface area contributed by atoms with Crippen LogP contribution in [0.4, 0.5) is 0 Å². The van der Waals surface area contributed by atoms with Crippen LogP contribution in [0.25, 0.3) is 11.1 Å². The maximum atomic E-state index is 12.0. The smallest absolute Gasteiger partial charge is 0.338 e. The Morgan fingerprint density at radius 2 is 1.46 bits per heavy atom. The lowest BCUT2D eigenvalue weighted by Gasteiger charge is -2.08. The molecule has 2 aromatic rings. The van der Waals surface area contributed by atoms with Crippen molar-refractivity contribution in [3.05, 3.63) is 54.1 Å². The van der Waals surface area contributed by atoms with Crippen molar-refractivity contribution in [3.8, 4) is 16.9 Å². The first-order chi connectivity index (χ1) is 12.7. The number of aliphatic hydroxyl groups is 1. The summed E-state index contributed by atoms with van der Waals surface area (Å²) in [7, 11) is 0. The molecule has 0 spiro atoms. The van der Waals surface area contributed by atoms with E-state index in [1.54, 1.807) is 12.1 Å². The van der Waals surface area contributed by atoms with Crippen molar-refractivity contribution < 1.29 is 19.4 Å². The predicted octanol–water partition coefficient (Wildman–Crippen LogP) is 4.85. The monoisotopic (exact) mass is 356 g/mol. The number of hydrogen-bond donors (Lipinski definition) is 1. The zero-order chi connectivity index (χ0) is 18.6. The minimum absolute atomic E-state index is 0.223. The van der Waals surface area contributed by atoms with E-state index in [9.17, 15) is 4.79 Å². The van der Waals surface area contributed by atoms with Crippen LogP contribution in [0, 0.1) is 0 Å². The number of carbonyl (C=O) groups is 1. The normalized spacial score (nSPS) is 10.5. The average molecular weight is 356 g/mol. The van der Waals surface area contributed by atoms with Gasteiger partial charge in [-0.3, -0.25) is 0 Å². The van der Waals surface area contributed by atoms with Gasteiger partial charge < -0.3 is 14.6 Å². The first-order valence-electron chi connectivity index (χ1n) is 9.36. The van der Waals surface area contributed by atoms with Gasteiger partial charge in [-0.15, -0.1) is 0 Å². The number of hydrogen-bond acceptors (Lipinski definition) is 4. The van der Waals surface area contributed by atoms with Gasteiger partial charge in [-0.2, -0.15) is 0 Å². The zero-order valence-electron chi connectivity index (χ0n) is 15.4. The van der Waals surface area contributed by atoms with Gasteiger partial charge >= 0.3 is 5.97 Å². The highest BCUT2D eigenvalue weighted by Crippen LogP contribution is 2.23. The molecule has 0 saturated carbocycles. The van der Waals surface area contributed by atoms with Crippen LogP contribution in [0.1, 0.15) is 49.4 Å². The number of aliphatic hydroxyl groups excluding tert-OH is 1. The Kier molecular flexibility index (Phi) is 8.70. The van der Waals surface area contributed by atoms with Crippen LogP contribution in [-0.2, 0) is 4.74 Å². The van der Waals surface area contributed by atoms with Crippen LogP contribution in [0.5, 0.6) is 5.75 Å². The highest BCUT2D eigenvalue weighted by Gasteiger charge is 2.07. The van der Waals surface area contributed by atoms with E-state index < -0.39 is 0 Å². The Morgan fingerprint density at radius 1 is 0.846 bits per heavy atom. The van der Waals surface area contributed by atoms with E-state index >= 15 is 0 Å². The molecule has 0 atom stereocenters. The molecule has 26 heavy (non-hydrogen) atoms. The average Bonchev–Trinajstić information content (AvgIpc) is 2.69. The van der Waals surface area contributed by atoms with Crippen LogP contribution in [-0.4, -0.2) is 30.9 Å². The molecule has 0 radical (unpaired) electrons. The lowest BCUT2D eigenvalue weighted by molar-refractivity contribution is 0.0497. The van der Waals surface area contributed by atoms with Crippen molar-refractivity contribution in [2.75, 3.05) is 19.8 Å². The number of benzene rings is 2. The van der Waals surface area contributed by atoms with Gasteiger partial charge in [-0.05, 0) is 61.1 Å². The largest absolute Gasteiger partial charge is 0.494 e. The maximum absolute atomic E-state index is 12.0. The Bertz CT molecular complexity index is 647. The van der Waals surface area contributed by atoms with E-state index in [0.29, 0.717) is 12.2 Å². The number of carbonyl (C=O) groups excluding carboxylic acids is 1. The molecule has 0 aliphatic heterocycles. The Morgan fingerprint density at radius 3 is 2.08 bits per heavy atom. The third-order valence-electron chi connectivity index (χ3n) is 4.07. The van der Waals surface area contributed by atoms with Gasteiger partial charge in [0.05, 0.1) is 18.8 Å². The van der Waals surface area contributed by atoms with Gasteiger partial charge in [-0.1, -0.05) is 37.6 Å². The summed E-state index contributed by atoms with van der Waals surface area (Å²) < 4.78 is 10.9. The number of rotatable bonds is 11. The van der Waals surface area contributed by atoms with E-state index in [1.807, 2.05) is 36.4 Å². The summed E-state index contributed by atoms with van der Waals surface area (Å²) in [5.41, 5.74) is 2.69. The Hall–Kier alpha value is -2.33.